The number of amides is 1. The molecule has 7 nitrogen and oxygen atoms in total. The van der Waals surface area contributed by atoms with Crippen LogP contribution in [0.15, 0.2) is 47.4 Å². The van der Waals surface area contributed by atoms with Gasteiger partial charge in [0.25, 0.3) is 5.91 Å². The van der Waals surface area contributed by atoms with Crippen LogP contribution in [0.3, 0.4) is 0 Å². The average molecular weight is 447 g/mol. The van der Waals surface area contributed by atoms with E-state index >= 15 is 0 Å². The van der Waals surface area contributed by atoms with Gasteiger partial charge in [-0.1, -0.05) is 19.4 Å². The van der Waals surface area contributed by atoms with Crippen molar-refractivity contribution in [3.8, 4) is 11.5 Å². The standard InChI is InChI=1S/C23H30N2O5S/c1-3-15-30-21-12-11-18(16-22(21)29-4-2)23(26)24-19-9-8-10-20(17-19)31(27,28)25-13-6-5-7-14-25/h8-12,16-17H,3-7,13-15H2,1-2H3,(H,24,26). The molecule has 1 aliphatic heterocycles. The Kier molecular flexibility index (Phi) is 7.92. The third kappa shape index (κ3) is 5.77. The maximum Gasteiger partial charge on any atom is 0.255 e. The van der Waals surface area contributed by atoms with Gasteiger partial charge in [-0.05, 0) is 62.6 Å². The second-order valence-corrected chi connectivity index (χ2v) is 9.33. The highest BCUT2D eigenvalue weighted by atomic mass is 32.2. The van der Waals surface area contributed by atoms with E-state index in [0.717, 1.165) is 25.7 Å². The Balaban J connectivity index is 1.77. The van der Waals surface area contributed by atoms with Crippen LogP contribution in [0.1, 0.15) is 49.9 Å². The molecule has 3 rings (SSSR count). The molecule has 168 valence electrons. The Hall–Kier alpha value is -2.58. The van der Waals surface area contributed by atoms with Crippen LogP contribution in [0.5, 0.6) is 11.5 Å². The van der Waals surface area contributed by atoms with Crippen molar-refractivity contribution in [3.63, 3.8) is 0 Å². The van der Waals surface area contributed by atoms with E-state index in [-0.39, 0.29) is 10.8 Å². The number of nitrogens with one attached hydrogen (secondary N) is 1. The van der Waals surface area contributed by atoms with Gasteiger partial charge in [0.2, 0.25) is 10.0 Å². The van der Waals surface area contributed by atoms with Gasteiger partial charge in [-0.2, -0.15) is 4.31 Å². The molecule has 0 atom stereocenters. The summed E-state index contributed by atoms with van der Waals surface area (Å²) in [5.41, 5.74) is 0.823. The Morgan fingerprint density at radius 1 is 1.00 bits per heavy atom. The predicted octanol–water partition coefficient (Wildman–Crippen LogP) is 4.30. The third-order valence-corrected chi connectivity index (χ3v) is 6.91. The molecule has 8 heteroatoms. The molecule has 1 N–H and O–H groups in total. The molecule has 0 bridgehead atoms. The summed E-state index contributed by atoms with van der Waals surface area (Å²) < 4.78 is 38.6. The van der Waals surface area contributed by atoms with Crippen LogP contribution in [-0.4, -0.2) is 44.9 Å². The number of rotatable bonds is 9. The lowest BCUT2D eigenvalue weighted by Crippen LogP contribution is -2.35. The number of sulfonamides is 1. The lowest BCUT2D eigenvalue weighted by atomic mass is 10.1. The first-order valence-electron chi connectivity index (χ1n) is 10.8. The van der Waals surface area contributed by atoms with Gasteiger partial charge in [0.15, 0.2) is 11.5 Å². The van der Waals surface area contributed by atoms with Gasteiger partial charge in [-0.3, -0.25) is 4.79 Å². The SMILES string of the molecule is CCCOc1ccc(C(=O)Nc2cccc(S(=O)(=O)N3CCCCC3)c2)cc1OCC. The minimum absolute atomic E-state index is 0.186. The number of benzene rings is 2. The fourth-order valence-corrected chi connectivity index (χ4v) is 5.00. The Morgan fingerprint density at radius 2 is 1.77 bits per heavy atom. The summed E-state index contributed by atoms with van der Waals surface area (Å²) in [5.74, 6) is 0.746. The van der Waals surface area contributed by atoms with Gasteiger partial charge in [-0.15, -0.1) is 0 Å². The Labute approximate surface area is 184 Å². The zero-order valence-electron chi connectivity index (χ0n) is 18.1. The largest absolute Gasteiger partial charge is 0.490 e. The molecule has 1 aliphatic rings. The number of nitrogens with zero attached hydrogens (tertiary/aromatic N) is 1. The van der Waals surface area contributed by atoms with Crippen molar-refractivity contribution in [2.75, 3.05) is 31.6 Å². The van der Waals surface area contributed by atoms with Crippen molar-refractivity contribution in [2.45, 2.75) is 44.4 Å². The fraction of sp³-hybridized carbons (Fsp3) is 0.435. The molecule has 0 aromatic heterocycles. The van der Waals surface area contributed by atoms with Gasteiger partial charge in [-0.25, -0.2) is 8.42 Å². The van der Waals surface area contributed by atoms with E-state index in [9.17, 15) is 13.2 Å². The van der Waals surface area contributed by atoms with E-state index in [2.05, 4.69) is 5.32 Å². The second-order valence-electron chi connectivity index (χ2n) is 7.39. The molecule has 1 heterocycles. The van der Waals surface area contributed by atoms with Crippen molar-refractivity contribution in [1.29, 1.82) is 0 Å². The molecule has 0 aliphatic carbocycles. The summed E-state index contributed by atoms with van der Waals surface area (Å²) in [7, 11) is -3.57. The van der Waals surface area contributed by atoms with E-state index < -0.39 is 10.0 Å². The van der Waals surface area contributed by atoms with Crippen molar-refractivity contribution in [2.24, 2.45) is 0 Å². The number of piperidine rings is 1. The second kappa shape index (κ2) is 10.6. The maximum atomic E-state index is 12.9. The van der Waals surface area contributed by atoms with E-state index in [1.165, 1.54) is 10.4 Å². The summed E-state index contributed by atoms with van der Waals surface area (Å²) in [6, 6.07) is 11.4. The third-order valence-electron chi connectivity index (χ3n) is 5.01. The smallest absolute Gasteiger partial charge is 0.255 e. The number of anilines is 1. The first-order chi connectivity index (χ1) is 15.0. The van der Waals surface area contributed by atoms with Crippen LogP contribution in [0.4, 0.5) is 5.69 Å². The predicted molar refractivity (Wildman–Crippen MR) is 120 cm³/mol. The van der Waals surface area contributed by atoms with Crippen molar-refractivity contribution in [1.82, 2.24) is 4.31 Å². The van der Waals surface area contributed by atoms with Gasteiger partial charge in [0.05, 0.1) is 18.1 Å². The number of hydrogen-bond acceptors (Lipinski definition) is 5. The zero-order valence-corrected chi connectivity index (χ0v) is 18.9. The molecular weight excluding hydrogens is 416 g/mol. The number of carbonyl (C=O) groups is 1. The molecule has 0 unspecified atom stereocenters. The highest BCUT2D eigenvalue weighted by molar-refractivity contribution is 7.89. The van der Waals surface area contributed by atoms with Crippen LogP contribution in [0.25, 0.3) is 0 Å². The van der Waals surface area contributed by atoms with Crippen LogP contribution in [0.2, 0.25) is 0 Å². The molecular formula is C23H30N2O5S. The topological polar surface area (TPSA) is 84.9 Å². The minimum Gasteiger partial charge on any atom is -0.490 e. The molecule has 1 saturated heterocycles. The summed E-state index contributed by atoms with van der Waals surface area (Å²) in [6.45, 7) is 5.96. The highest BCUT2D eigenvalue weighted by Gasteiger charge is 2.26. The normalized spacial score (nSPS) is 14.8. The van der Waals surface area contributed by atoms with E-state index in [0.29, 0.717) is 49.1 Å². The molecule has 1 fully saturated rings. The van der Waals surface area contributed by atoms with Gasteiger partial charge in [0.1, 0.15) is 0 Å². The summed E-state index contributed by atoms with van der Waals surface area (Å²) in [5, 5.41) is 2.79. The van der Waals surface area contributed by atoms with Crippen molar-refractivity contribution >= 4 is 21.6 Å². The quantitative estimate of drug-likeness (QED) is 0.621. The zero-order chi connectivity index (χ0) is 22.3. The first kappa shape index (κ1) is 23.1. The highest BCUT2D eigenvalue weighted by Crippen LogP contribution is 2.29. The number of ether oxygens (including phenoxy) is 2. The lowest BCUT2D eigenvalue weighted by molar-refractivity contribution is 0.102. The molecule has 1 amide bonds. The van der Waals surface area contributed by atoms with E-state index in [1.54, 1.807) is 36.4 Å². The van der Waals surface area contributed by atoms with E-state index in [4.69, 9.17) is 9.47 Å². The minimum atomic E-state index is -3.57. The fourth-order valence-electron chi connectivity index (χ4n) is 3.44. The average Bonchev–Trinajstić information content (AvgIpc) is 2.79. The monoisotopic (exact) mass is 446 g/mol. The van der Waals surface area contributed by atoms with Crippen molar-refractivity contribution < 1.29 is 22.7 Å². The lowest BCUT2D eigenvalue weighted by Gasteiger charge is -2.26. The van der Waals surface area contributed by atoms with Gasteiger partial charge in [0, 0.05) is 24.3 Å². The summed E-state index contributed by atoms with van der Waals surface area (Å²) >= 11 is 0. The number of hydrogen-bond donors (Lipinski definition) is 1. The van der Waals surface area contributed by atoms with Crippen molar-refractivity contribution in [3.05, 3.63) is 48.0 Å². The molecule has 0 radical (unpaired) electrons. The van der Waals surface area contributed by atoms with Crippen LogP contribution < -0.4 is 14.8 Å². The summed E-state index contributed by atoms with van der Waals surface area (Å²) in [6.07, 6.45) is 3.66. The van der Waals surface area contributed by atoms with Crippen LogP contribution in [0, 0.1) is 0 Å². The summed E-state index contributed by atoms with van der Waals surface area (Å²) in [4.78, 5) is 13.0. The molecule has 2 aromatic rings. The Morgan fingerprint density at radius 3 is 2.48 bits per heavy atom. The van der Waals surface area contributed by atoms with E-state index in [1.807, 2.05) is 13.8 Å². The van der Waals surface area contributed by atoms with Crippen LogP contribution >= 0.6 is 0 Å². The van der Waals surface area contributed by atoms with Gasteiger partial charge < -0.3 is 14.8 Å². The molecule has 0 spiro atoms. The molecule has 2 aromatic carbocycles. The molecule has 31 heavy (non-hydrogen) atoms. The van der Waals surface area contributed by atoms with Crippen LogP contribution in [-0.2, 0) is 10.0 Å². The molecule has 0 saturated carbocycles. The number of carbonyl (C=O) groups excluding carboxylic acids is 1. The van der Waals surface area contributed by atoms with Gasteiger partial charge >= 0.3 is 0 Å². The first-order valence-corrected chi connectivity index (χ1v) is 12.2. The maximum absolute atomic E-state index is 12.9. The Bertz CT molecular complexity index is 1000.